The minimum Gasteiger partial charge on any atom is -0.444 e. The van der Waals surface area contributed by atoms with E-state index in [4.69, 9.17) is 4.74 Å². The van der Waals surface area contributed by atoms with Crippen molar-refractivity contribution in [3.63, 3.8) is 0 Å². The molecule has 0 aliphatic heterocycles. The molecule has 130 valence electrons. The number of carbonyl (C=O) groups excluding carboxylic acids is 1. The summed E-state index contributed by atoms with van der Waals surface area (Å²) < 4.78 is 31.3. The smallest absolute Gasteiger partial charge is 0.407 e. The number of ether oxygens (including phenoxy) is 1. The Morgan fingerprint density at radius 3 is 2.43 bits per heavy atom. The van der Waals surface area contributed by atoms with E-state index in [1.807, 2.05) is 34.6 Å². The highest BCUT2D eigenvalue weighted by Gasteiger charge is 2.17. The fourth-order valence-electron chi connectivity index (χ4n) is 2.00. The van der Waals surface area contributed by atoms with E-state index in [0.717, 1.165) is 6.07 Å². The summed E-state index contributed by atoms with van der Waals surface area (Å²) in [5, 5.41) is 5.97. The van der Waals surface area contributed by atoms with Crippen molar-refractivity contribution in [3.8, 4) is 0 Å². The second kappa shape index (κ2) is 8.24. The molecule has 0 spiro atoms. The average molecular weight is 328 g/mol. The van der Waals surface area contributed by atoms with E-state index in [0.29, 0.717) is 18.5 Å². The molecule has 0 bridgehead atoms. The monoisotopic (exact) mass is 328 g/mol. The molecule has 2 N–H and O–H groups in total. The van der Waals surface area contributed by atoms with Gasteiger partial charge in [-0.3, -0.25) is 0 Å². The lowest BCUT2D eigenvalue weighted by Crippen LogP contribution is -2.39. The third kappa shape index (κ3) is 7.41. The maximum atomic E-state index is 13.2. The van der Waals surface area contributed by atoms with Gasteiger partial charge in [0.2, 0.25) is 0 Å². The Balaban J connectivity index is 2.35. The summed E-state index contributed by atoms with van der Waals surface area (Å²) in [4.78, 5) is 11.6. The van der Waals surface area contributed by atoms with Crippen LogP contribution in [0.2, 0.25) is 0 Å². The molecule has 4 nitrogen and oxygen atoms in total. The van der Waals surface area contributed by atoms with Gasteiger partial charge in [-0.25, -0.2) is 13.6 Å². The molecule has 0 saturated carbocycles. The summed E-state index contributed by atoms with van der Waals surface area (Å²) in [5.74, 6) is -1.70. The van der Waals surface area contributed by atoms with Gasteiger partial charge in [-0.05, 0) is 65.3 Å². The summed E-state index contributed by atoms with van der Waals surface area (Å²) in [6.45, 7) is 9.80. The van der Waals surface area contributed by atoms with E-state index in [9.17, 15) is 13.6 Å². The van der Waals surface area contributed by atoms with Gasteiger partial charge in [-0.1, -0.05) is 6.07 Å². The van der Waals surface area contributed by atoms with E-state index < -0.39 is 23.3 Å². The number of amides is 1. The van der Waals surface area contributed by atoms with E-state index in [1.165, 1.54) is 6.07 Å². The van der Waals surface area contributed by atoms with Crippen molar-refractivity contribution < 1.29 is 18.3 Å². The Kier molecular flexibility index (Phi) is 6.94. The first-order chi connectivity index (χ1) is 10.6. The van der Waals surface area contributed by atoms with Gasteiger partial charge in [0.1, 0.15) is 5.60 Å². The van der Waals surface area contributed by atoms with Crippen LogP contribution in [0.25, 0.3) is 0 Å². The van der Waals surface area contributed by atoms with Crippen LogP contribution in [-0.2, 0) is 4.74 Å². The van der Waals surface area contributed by atoms with Crippen LogP contribution in [0.15, 0.2) is 18.2 Å². The molecule has 0 aliphatic rings. The molecule has 0 aliphatic carbocycles. The number of alkyl carbamates (subject to hydrolysis) is 1. The predicted octanol–water partition coefficient (Wildman–Crippen LogP) is 3.92. The maximum absolute atomic E-state index is 13.2. The van der Waals surface area contributed by atoms with Crippen molar-refractivity contribution in [1.82, 2.24) is 10.6 Å². The minimum absolute atomic E-state index is 0.0606. The Morgan fingerprint density at radius 1 is 1.22 bits per heavy atom. The van der Waals surface area contributed by atoms with Gasteiger partial charge in [-0.15, -0.1) is 0 Å². The molecule has 1 rings (SSSR count). The van der Waals surface area contributed by atoms with Crippen LogP contribution in [0.3, 0.4) is 0 Å². The number of rotatable bonds is 6. The van der Waals surface area contributed by atoms with Crippen molar-refractivity contribution in [2.75, 3.05) is 6.54 Å². The molecule has 1 amide bonds. The van der Waals surface area contributed by atoms with Crippen molar-refractivity contribution in [3.05, 3.63) is 35.4 Å². The Morgan fingerprint density at radius 2 is 1.87 bits per heavy atom. The first-order valence-corrected chi connectivity index (χ1v) is 7.76. The Labute approximate surface area is 136 Å². The van der Waals surface area contributed by atoms with Crippen LogP contribution < -0.4 is 10.6 Å². The maximum Gasteiger partial charge on any atom is 0.407 e. The van der Waals surface area contributed by atoms with Gasteiger partial charge < -0.3 is 15.4 Å². The molecular formula is C17H26F2N2O2. The highest BCUT2D eigenvalue weighted by atomic mass is 19.2. The molecule has 1 aromatic carbocycles. The summed E-state index contributed by atoms with van der Waals surface area (Å²) in [6, 6.07) is 3.69. The summed E-state index contributed by atoms with van der Waals surface area (Å²) in [6.07, 6.45) is 0.242. The standard InChI is InChI=1S/C17H26F2N2O2/c1-11(21-16(22)23-17(3,4)5)8-9-20-12(2)13-6-7-14(18)15(19)10-13/h6-7,10-12,20H,8-9H2,1-5H3,(H,21,22). The fourth-order valence-corrected chi connectivity index (χ4v) is 2.00. The molecule has 0 radical (unpaired) electrons. The lowest BCUT2D eigenvalue weighted by atomic mass is 10.1. The molecule has 23 heavy (non-hydrogen) atoms. The molecule has 0 aromatic heterocycles. The van der Waals surface area contributed by atoms with Gasteiger partial charge >= 0.3 is 6.09 Å². The number of benzene rings is 1. The fraction of sp³-hybridized carbons (Fsp3) is 0.588. The van der Waals surface area contributed by atoms with Crippen LogP contribution >= 0.6 is 0 Å². The number of carbonyl (C=O) groups is 1. The molecule has 0 heterocycles. The molecule has 0 fully saturated rings. The third-order valence-electron chi connectivity index (χ3n) is 3.23. The minimum atomic E-state index is -0.851. The third-order valence-corrected chi connectivity index (χ3v) is 3.23. The SMILES string of the molecule is CC(CCNC(C)c1ccc(F)c(F)c1)NC(=O)OC(C)(C)C. The van der Waals surface area contributed by atoms with E-state index in [1.54, 1.807) is 6.07 Å². The molecule has 2 atom stereocenters. The van der Waals surface area contributed by atoms with Gasteiger partial charge in [-0.2, -0.15) is 0 Å². The second-order valence-electron chi connectivity index (χ2n) is 6.69. The Hall–Kier alpha value is -1.69. The summed E-state index contributed by atoms with van der Waals surface area (Å²) in [5.41, 5.74) is 0.153. The quantitative estimate of drug-likeness (QED) is 0.832. The van der Waals surface area contributed by atoms with Gasteiger partial charge in [0.25, 0.3) is 0 Å². The van der Waals surface area contributed by atoms with Crippen LogP contribution in [0.4, 0.5) is 13.6 Å². The first kappa shape index (κ1) is 19.4. The van der Waals surface area contributed by atoms with Crippen LogP contribution in [-0.4, -0.2) is 24.3 Å². The van der Waals surface area contributed by atoms with Gasteiger partial charge in [0.05, 0.1) is 0 Å². The van der Waals surface area contributed by atoms with E-state index in [-0.39, 0.29) is 12.1 Å². The van der Waals surface area contributed by atoms with Crippen LogP contribution in [0, 0.1) is 11.6 Å². The normalized spacial score (nSPS) is 14.2. The van der Waals surface area contributed by atoms with Crippen LogP contribution in [0.5, 0.6) is 0 Å². The second-order valence-corrected chi connectivity index (χ2v) is 6.69. The lowest BCUT2D eigenvalue weighted by Gasteiger charge is -2.22. The van der Waals surface area contributed by atoms with Crippen LogP contribution in [0.1, 0.15) is 52.6 Å². The molecule has 6 heteroatoms. The Bertz CT molecular complexity index is 530. The zero-order chi connectivity index (χ0) is 17.6. The average Bonchev–Trinajstić information content (AvgIpc) is 2.39. The van der Waals surface area contributed by atoms with Crippen molar-refractivity contribution >= 4 is 6.09 Å². The summed E-state index contributed by atoms with van der Waals surface area (Å²) in [7, 11) is 0. The van der Waals surface area contributed by atoms with E-state index >= 15 is 0 Å². The van der Waals surface area contributed by atoms with Gasteiger partial charge in [0, 0.05) is 12.1 Å². The highest BCUT2D eigenvalue weighted by molar-refractivity contribution is 5.67. The highest BCUT2D eigenvalue weighted by Crippen LogP contribution is 2.16. The topological polar surface area (TPSA) is 50.4 Å². The largest absolute Gasteiger partial charge is 0.444 e. The number of nitrogens with one attached hydrogen (secondary N) is 2. The van der Waals surface area contributed by atoms with Crippen molar-refractivity contribution in [1.29, 1.82) is 0 Å². The first-order valence-electron chi connectivity index (χ1n) is 7.76. The number of hydrogen-bond donors (Lipinski definition) is 2. The van der Waals surface area contributed by atoms with Crippen molar-refractivity contribution in [2.45, 2.75) is 58.7 Å². The lowest BCUT2D eigenvalue weighted by molar-refractivity contribution is 0.0506. The number of halogens is 2. The summed E-state index contributed by atoms with van der Waals surface area (Å²) >= 11 is 0. The zero-order valence-corrected chi connectivity index (χ0v) is 14.4. The molecule has 2 unspecified atom stereocenters. The molecule has 0 saturated heterocycles. The zero-order valence-electron chi connectivity index (χ0n) is 14.4. The van der Waals surface area contributed by atoms with Gasteiger partial charge in [0.15, 0.2) is 11.6 Å². The predicted molar refractivity (Wildman–Crippen MR) is 86.2 cm³/mol. The molecular weight excluding hydrogens is 302 g/mol. The van der Waals surface area contributed by atoms with Crippen molar-refractivity contribution in [2.24, 2.45) is 0 Å². The molecule has 1 aromatic rings. The van der Waals surface area contributed by atoms with E-state index in [2.05, 4.69) is 10.6 Å². The number of hydrogen-bond acceptors (Lipinski definition) is 3.